The van der Waals surface area contributed by atoms with Crippen LogP contribution in [-0.2, 0) is 14.3 Å². The van der Waals surface area contributed by atoms with E-state index < -0.39 is 24.3 Å². The molecule has 14 nitrogen and oxygen atoms in total. The molecule has 5 N–H and O–H groups in total. The minimum atomic E-state index is -1.23. The van der Waals surface area contributed by atoms with E-state index in [9.17, 15) is 24.3 Å². The Morgan fingerprint density at radius 3 is 2.02 bits per heavy atom. The fourth-order valence-corrected chi connectivity index (χ4v) is 7.25. The van der Waals surface area contributed by atoms with Crippen molar-refractivity contribution in [1.82, 2.24) is 40.4 Å². The van der Waals surface area contributed by atoms with Gasteiger partial charge in [0, 0.05) is 24.2 Å². The smallest absolute Gasteiger partial charge is 0.407 e. The Morgan fingerprint density at radius 2 is 1.38 bits per heavy atom. The molecule has 4 aromatic rings. The van der Waals surface area contributed by atoms with Crippen molar-refractivity contribution in [2.24, 2.45) is 11.8 Å². The summed E-state index contributed by atoms with van der Waals surface area (Å²) in [5.74, 6) is 12.5. The number of benzene rings is 2. The Morgan fingerprint density at radius 1 is 0.800 bits per heavy atom. The summed E-state index contributed by atoms with van der Waals surface area (Å²) in [5.41, 5.74) is 3.18. The summed E-state index contributed by atoms with van der Waals surface area (Å²) < 4.78 is 4.74. The second-order valence-electron chi connectivity index (χ2n) is 14.5. The molecular formula is C41H46N8O6. The molecule has 14 heteroatoms. The molecule has 2 aromatic carbocycles. The number of alkyl carbamates (subject to hydrolysis) is 1. The van der Waals surface area contributed by atoms with E-state index in [1.165, 1.54) is 7.11 Å². The SMILES string of the molecule is COC(=O)N[C@@H](C(=O)N1CCC[C@@H]1c1ncc(-c2ccc3cc(C#CC#Cc4cnc([C@H]5CCCN5C(=O)[C@H](NC(=O)O)C(C)C)[nH]4)ccc3c2)[nH]1)C(C)C. The Balaban J connectivity index is 1.10. The molecule has 0 spiro atoms. The number of carboxylic acid groups (broad SMARTS) is 1. The first-order valence-corrected chi connectivity index (χ1v) is 18.5. The van der Waals surface area contributed by atoms with Crippen molar-refractivity contribution in [3.8, 4) is 34.9 Å². The molecule has 55 heavy (non-hydrogen) atoms. The number of rotatable bonds is 9. The molecule has 2 aromatic heterocycles. The van der Waals surface area contributed by atoms with Crippen LogP contribution in [0.3, 0.4) is 0 Å². The van der Waals surface area contributed by atoms with E-state index in [1.54, 1.807) is 22.2 Å². The molecule has 0 bridgehead atoms. The number of methoxy groups -OCH3 is 1. The molecule has 4 amide bonds. The maximum Gasteiger partial charge on any atom is 0.407 e. The van der Waals surface area contributed by atoms with E-state index in [0.717, 1.165) is 53.3 Å². The number of hydrogen-bond donors (Lipinski definition) is 5. The third-order valence-electron chi connectivity index (χ3n) is 10.1. The van der Waals surface area contributed by atoms with Gasteiger partial charge < -0.3 is 40.2 Å². The van der Waals surface area contributed by atoms with Gasteiger partial charge >= 0.3 is 12.2 Å². The highest BCUT2D eigenvalue weighted by molar-refractivity contribution is 5.89. The van der Waals surface area contributed by atoms with Crippen molar-refractivity contribution in [2.75, 3.05) is 20.2 Å². The van der Waals surface area contributed by atoms with Crippen molar-refractivity contribution in [2.45, 2.75) is 77.5 Å². The molecule has 2 saturated heterocycles. The number of H-pyrrole nitrogens is 2. The van der Waals surface area contributed by atoms with Crippen molar-refractivity contribution < 1.29 is 29.0 Å². The van der Waals surface area contributed by atoms with Gasteiger partial charge in [-0.2, -0.15) is 0 Å². The lowest BCUT2D eigenvalue weighted by Crippen LogP contribution is -2.51. The fourth-order valence-electron chi connectivity index (χ4n) is 7.25. The normalized spacial score (nSPS) is 17.7. The summed E-state index contributed by atoms with van der Waals surface area (Å²) in [6, 6.07) is 10.1. The van der Waals surface area contributed by atoms with E-state index in [1.807, 2.05) is 58.0 Å². The van der Waals surface area contributed by atoms with Gasteiger partial charge in [-0.15, -0.1) is 0 Å². The van der Waals surface area contributed by atoms with Gasteiger partial charge in [-0.25, -0.2) is 19.6 Å². The standard InChI is InChI=1S/C41H46N8O6/c1-24(2)34(46-40(52)53)38(50)48-18-8-12-32(48)36-42-22-30(44-36)11-7-6-10-26-14-15-28-21-29(17-16-27(28)20-26)31-23-43-37(45-31)33-13-9-19-49(33)39(51)35(25(3)4)47-41(54)55-5/h14-17,20-25,32-35,46H,8-9,12-13,18-19H2,1-5H3,(H,42,44)(H,43,45)(H,47,54)(H,52,53)/t32-,33-,34-,35-/m1/s1. The lowest BCUT2D eigenvalue weighted by Gasteiger charge is -2.30. The van der Waals surface area contributed by atoms with Crippen LogP contribution in [0.5, 0.6) is 0 Å². The average molecular weight is 747 g/mol. The third-order valence-corrected chi connectivity index (χ3v) is 10.1. The molecule has 4 heterocycles. The zero-order chi connectivity index (χ0) is 39.2. The van der Waals surface area contributed by atoms with Gasteiger partial charge in [-0.3, -0.25) is 9.59 Å². The van der Waals surface area contributed by atoms with Crippen LogP contribution >= 0.6 is 0 Å². The quantitative estimate of drug-likeness (QED) is 0.142. The van der Waals surface area contributed by atoms with E-state index in [0.29, 0.717) is 30.4 Å². The van der Waals surface area contributed by atoms with E-state index in [2.05, 4.69) is 60.3 Å². The fraction of sp³-hybridized carbons (Fsp3) is 0.415. The Bertz CT molecular complexity index is 2200. The largest absolute Gasteiger partial charge is 0.465 e. The molecule has 2 fully saturated rings. The predicted molar refractivity (Wildman–Crippen MR) is 205 cm³/mol. The average Bonchev–Trinajstić information content (AvgIpc) is 4.00. The van der Waals surface area contributed by atoms with Crippen molar-refractivity contribution in [3.05, 3.63) is 71.7 Å². The van der Waals surface area contributed by atoms with Gasteiger partial charge in [0.2, 0.25) is 11.8 Å². The van der Waals surface area contributed by atoms with Crippen molar-refractivity contribution in [3.63, 3.8) is 0 Å². The topological polar surface area (TPSA) is 186 Å². The zero-order valence-electron chi connectivity index (χ0n) is 31.6. The first-order valence-electron chi connectivity index (χ1n) is 18.5. The number of imidazole rings is 2. The first-order chi connectivity index (χ1) is 26.4. The predicted octanol–water partition coefficient (Wildman–Crippen LogP) is 5.36. The molecule has 0 aliphatic carbocycles. The lowest BCUT2D eigenvalue weighted by molar-refractivity contribution is -0.136. The van der Waals surface area contributed by atoms with Gasteiger partial charge in [0.25, 0.3) is 0 Å². The number of amides is 4. The number of carbonyl (C=O) groups is 4. The molecule has 0 radical (unpaired) electrons. The summed E-state index contributed by atoms with van der Waals surface area (Å²) in [6.45, 7) is 8.52. The second kappa shape index (κ2) is 16.8. The molecule has 6 rings (SSSR count). The van der Waals surface area contributed by atoms with Crippen molar-refractivity contribution in [1.29, 1.82) is 0 Å². The van der Waals surface area contributed by atoms with Crippen LogP contribution < -0.4 is 10.6 Å². The van der Waals surface area contributed by atoms with E-state index in [-0.39, 0.29) is 35.7 Å². The van der Waals surface area contributed by atoms with E-state index in [4.69, 9.17) is 4.74 Å². The summed E-state index contributed by atoms with van der Waals surface area (Å²) in [5, 5.41) is 16.3. The molecule has 2 aliphatic rings. The Labute approximate surface area is 319 Å². The molecule has 0 saturated carbocycles. The number of aromatic nitrogens is 4. The number of carbonyl (C=O) groups excluding carboxylic acids is 3. The zero-order valence-corrected chi connectivity index (χ0v) is 31.6. The number of aromatic amines is 2. The summed E-state index contributed by atoms with van der Waals surface area (Å²) in [6.07, 6.45) is 4.67. The number of nitrogens with one attached hydrogen (secondary N) is 4. The van der Waals surface area contributed by atoms with Gasteiger partial charge in [0.1, 0.15) is 29.4 Å². The van der Waals surface area contributed by atoms with Gasteiger partial charge in [-0.1, -0.05) is 51.8 Å². The van der Waals surface area contributed by atoms with Crippen LogP contribution in [0, 0.1) is 35.5 Å². The highest BCUT2D eigenvalue weighted by Crippen LogP contribution is 2.34. The Kier molecular flexibility index (Phi) is 11.7. The van der Waals surface area contributed by atoms with Crippen molar-refractivity contribution >= 4 is 34.8 Å². The lowest BCUT2D eigenvalue weighted by atomic mass is 10.0. The number of likely N-dealkylation sites (tertiary alicyclic amines) is 2. The van der Waals surface area contributed by atoms with Gasteiger partial charge in [-0.05, 0) is 84.3 Å². The van der Waals surface area contributed by atoms with Crippen LogP contribution in [0.15, 0.2) is 48.8 Å². The monoisotopic (exact) mass is 746 g/mol. The molecule has 2 aliphatic heterocycles. The minimum Gasteiger partial charge on any atom is -0.465 e. The maximum absolute atomic E-state index is 13.5. The number of nitrogens with zero attached hydrogens (tertiary/aromatic N) is 4. The molecule has 286 valence electrons. The number of hydrogen-bond acceptors (Lipinski definition) is 7. The number of ether oxygens (including phenoxy) is 1. The van der Waals surface area contributed by atoms with Gasteiger partial charge in [0.05, 0.1) is 37.3 Å². The van der Waals surface area contributed by atoms with Crippen LogP contribution in [0.1, 0.15) is 88.4 Å². The third kappa shape index (κ3) is 8.76. The summed E-state index contributed by atoms with van der Waals surface area (Å²) in [7, 11) is 1.28. The summed E-state index contributed by atoms with van der Waals surface area (Å²) in [4.78, 5) is 69.2. The second-order valence-corrected chi connectivity index (χ2v) is 14.5. The van der Waals surface area contributed by atoms with Crippen LogP contribution in [-0.4, -0.2) is 91.1 Å². The van der Waals surface area contributed by atoms with Crippen LogP contribution in [0.4, 0.5) is 9.59 Å². The maximum atomic E-state index is 13.5. The minimum absolute atomic E-state index is 0.112. The highest BCUT2D eigenvalue weighted by Gasteiger charge is 2.38. The summed E-state index contributed by atoms with van der Waals surface area (Å²) >= 11 is 0. The molecular weight excluding hydrogens is 701 g/mol. The molecule has 0 unspecified atom stereocenters. The van der Waals surface area contributed by atoms with Gasteiger partial charge in [0.15, 0.2) is 0 Å². The molecule has 4 atom stereocenters. The van der Waals surface area contributed by atoms with E-state index >= 15 is 0 Å². The van der Waals surface area contributed by atoms with Crippen LogP contribution in [0.2, 0.25) is 0 Å². The van der Waals surface area contributed by atoms with Crippen LogP contribution in [0.25, 0.3) is 22.0 Å². The number of fused-ring (bicyclic) bond motifs is 1. The Hall–Kier alpha value is -6.28. The first kappa shape index (κ1) is 38.4. The highest BCUT2D eigenvalue weighted by atomic mass is 16.5.